The van der Waals surface area contributed by atoms with Crippen molar-refractivity contribution >= 4 is 6.08 Å². The quantitative estimate of drug-likeness (QED) is 0.356. The molecule has 0 saturated heterocycles. The Bertz CT molecular complexity index is 1260. The Balaban J connectivity index is 1.41. The van der Waals surface area contributed by atoms with Gasteiger partial charge in [0, 0.05) is 11.6 Å². The number of rotatable bonds is 10. The van der Waals surface area contributed by atoms with Crippen LogP contribution in [0.4, 0.5) is 8.78 Å². The molecule has 0 aliphatic rings. The molecule has 35 heavy (non-hydrogen) atoms. The highest BCUT2D eigenvalue weighted by Gasteiger charge is 2.34. The third-order valence-corrected chi connectivity index (χ3v) is 5.50. The largest absolute Gasteiger partial charge is 0.497 e. The van der Waals surface area contributed by atoms with E-state index in [4.69, 9.17) is 9.47 Å². The summed E-state index contributed by atoms with van der Waals surface area (Å²) in [7, 11) is 1.64. The molecule has 0 amide bonds. The van der Waals surface area contributed by atoms with Crippen molar-refractivity contribution < 1.29 is 23.4 Å². The van der Waals surface area contributed by atoms with Gasteiger partial charge in [-0.2, -0.15) is 5.10 Å². The van der Waals surface area contributed by atoms with Gasteiger partial charge in [-0.15, -0.1) is 0 Å². The van der Waals surface area contributed by atoms with Crippen molar-refractivity contribution in [2.75, 3.05) is 13.7 Å². The second-order valence-corrected chi connectivity index (χ2v) is 8.06. The molecule has 0 bridgehead atoms. The Morgan fingerprint density at radius 2 is 1.74 bits per heavy atom. The van der Waals surface area contributed by atoms with Gasteiger partial charge in [0.2, 0.25) is 0 Å². The molecule has 3 aromatic carbocycles. The zero-order chi connectivity index (χ0) is 24.7. The number of nitrogens with zero attached hydrogens (tertiary/aromatic N) is 3. The van der Waals surface area contributed by atoms with Crippen LogP contribution >= 0.6 is 0 Å². The summed E-state index contributed by atoms with van der Waals surface area (Å²) >= 11 is 0. The van der Waals surface area contributed by atoms with Crippen LogP contribution in [0, 0.1) is 11.6 Å². The van der Waals surface area contributed by atoms with Crippen LogP contribution in [0.15, 0.2) is 85.5 Å². The van der Waals surface area contributed by atoms with Gasteiger partial charge >= 0.3 is 0 Å². The van der Waals surface area contributed by atoms with Crippen LogP contribution in [0.3, 0.4) is 0 Å². The van der Waals surface area contributed by atoms with Crippen LogP contribution in [0.2, 0.25) is 0 Å². The molecule has 0 saturated carbocycles. The summed E-state index contributed by atoms with van der Waals surface area (Å²) < 4.78 is 40.3. The smallest absolute Gasteiger partial charge is 0.146 e. The van der Waals surface area contributed by atoms with E-state index < -0.39 is 17.2 Å². The van der Waals surface area contributed by atoms with Crippen molar-refractivity contribution in [3.63, 3.8) is 0 Å². The van der Waals surface area contributed by atoms with E-state index in [9.17, 15) is 13.9 Å². The fourth-order valence-corrected chi connectivity index (χ4v) is 3.63. The molecule has 0 radical (unpaired) electrons. The maximum Gasteiger partial charge on any atom is 0.146 e. The van der Waals surface area contributed by atoms with E-state index >= 15 is 0 Å². The maximum atomic E-state index is 14.5. The van der Waals surface area contributed by atoms with E-state index in [0.717, 1.165) is 35.4 Å². The maximum absolute atomic E-state index is 14.5. The predicted molar refractivity (Wildman–Crippen MR) is 128 cm³/mol. The van der Waals surface area contributed by atoms with Crippen molar-refractivity contribution in [2.24, 2.45) is 0 Å². The van der Waals surface area contributed by atoms with Gasteiger partial charge in [-0.25, -0.2) is 18.4 Å². The number of hydrogen-bond donors (Lipinski definition) is 1. The molecule has 1 atom stereocenters. The molecule has 0 unspecified atom stereocenters. The standard InChI is InChI=1S/C27H25F2N3O3/c1-34-23-10-5-20(6-11-23)3-2-4-21-7-12-24(13-8-21)35-17-27(33,16-32-19-30-18-31-32)25-14-9-22(28)15-26(25)29/h2-3,5-15,18-19,33H,4,16-17H2,1H3/t27-/m0/s1. The lowest BCUT2D eigenvalue weighted by Gasteiger charge is -2.29. The van der Waals surface area contributed by atoms with Crippen molar-refractivity contribution in [2.45, 2.75) is 18.6 Å². The summed E-state index contributed by atoms with van der Waals surface area (Å²) in [4.78, 5) is 3.85. The zero-order valence-corrected chi connectivity index (χ0v) is 19.1. The molecular weight excluding hydrogens is 452 g/mol. The molecule has 1 N–H and O–H groups in total. The number of aliphatic hydroxyl groups is 1. The van der Waals surface area contributed by atoms with Gasteiger partial charge in [0.05, 0.1) is 13.7 Å². The van der Waals surface area contributed by atoms with Crippen molar-refractivity contribution in [1.29, 1.82) is 0 Å². The number of ether oxygens (including phenoxy) is 2. The number of benzene rings is 3. The van der Waals surface area contributed by atoms with Crippen LogP contribution in [0.5, 0.6) is 11.5 Å². The van der Waals surface area contributed by atoms with Gasteiger partial charge < -0.3 is 14.6 Å². The number of aromatic nitrogens is 3. The van der Waals surface area contributed by atoms with Crippen molar-refractivity contribution in [3.8, 4) is 11.5 Å². The molecule has 0 aliphatic heterocycles. The van der Waals surface area contributed by atoms with Gasteiger partial charge in [-0.1, -0.05) is 42.5 Å². The fourth-order valence-electron chi connectivity index (χ4n) is 3.63. The number of halogens is 2. The third kappa shape index (κ3) is 6.30. The first kappa shape index (κ1) is 24.1. The first-order valence-corrected chi connectivity index (χ1v) is 11.0. The molecule has 180 valence electrons. The Hall–Kier alpha value is -4.04. The number of methoxy groups -OCH3 is 1. The summed E-state index contributed by atoms with van der Waals surface area (Å²) in [6.07, 6.45) is 7.53. The minimum absolute atomic E-state index is 0.0883. The van der Waals surface area contributed by atoms with E-state index in [2.05, 4.69) is 16.2 Å². The summed E-state index contributed by atoms with van der Waals surface area (Å²) in [5.74, 6) is -0.275. The molecule has 0 fully saturated rings. The van der Waals surface area contributed by atoms with E-state index in [1.165, 1.54) is 23.4 Å². The monoisotopic (exact) mass is 477 g/mol. The topological polar surface area (TPSA) is 69.4 Å². The molecule has 8 heteroatoms. The van der Waals surface area contributed by atoms with Gasteiger partial charge in [-0.3, -0.25) is 0 Å². The number of allylic oxidation sites excluding steroid dienone is 1. The molecular formula is C27H25F2N3O3. The van der Waals surface area contributed by atoms with Crippen LogP contribution in [0.1, 0.15) is 16.7 Å². The van der Waals surface area contributed by atoms with Gasteiger partial charge in [-0.05, 0) is 47.9 Å². The lowest BCUT2D eigenvalue weighted by atomic mass is 9.94. The molecule has 4 rings (SSSR count). The minimum Gasteiger partial charge on any atom is -0.497 e. The molecule has 0 aliphatic carbocycles. The molecule has 1 heterocycles. The highest BCUT2D eigenvalue weighted by molar-refractivity contribution is 5.51. The third-order valence-electron chi connectivity index (χ3n) is 5.50. The van der Waals surface area contributed by atoms with Gasteiger partial charge in [0.1, 0.15) is 48.0 Å². The van der Waals surface area contributed by atoms with Gasteiger partial charge in [0.25, 0.3) is 0 Å². The van der Waals surface area contributed by atoms with E-state index in [-0.39, 0.29) is 18.7 Å². The second-order valence-electron chi connectivity index (χ2n) is 8.06. The summed E-state index contributed by atoms with van der Waals surface area (Å²) in [6.45, 7) is -0.393. The lowest BCUT2D eigenvalue weighted by molar-refractivity contribution is -0.0297. The first-order chi connectivity index (χ1) is 16.9. The SMILES string of the molecule is COc1ccc(C=CCc2ccc(OC[C@@](O)(Cn3cncn3)c3ccc(F)cc3F)cc2)cc1. The average molecular weight is 478 g/mol. The highest BCUT2D eigenvalue weighted by Crippen LogP contribution is 2.28. The minimum atomic E-state index is -1.80. The molecule has 4 aromatic rings. The molecule has 6 nitrogen and oxygen atoms in total. The fraction of sp³-hybridized carbons (Fsp3) is 0.185. The highest BCUT2D eigenvalue weighted by atomic mass is 19.1. The van der Waals surface area contributed by atoms with E-state index in [0.29, 0.717) is 5.75 Å². The summed E-state index contributed by atoms with van der Waals surface area (Å²) in [6, 6.07) is 18.2. The van der Waals surface area contributed by atoms with Crippen LogP contribution < -0.4 is 9.47 Å². The summed E-state index contributed by atoms with van der Waals surface area (Å²) in [5, 5.41) is 15.3. The average Bonchev–Trinajstić information content (AvgIpc) is 3.36. The zero-order valence-electron chi connectivity index (χ0n) is 19.1. The first-order valence-electron chi connectivity index (χ1n) is 11.0. The Labute approximate surface area is 202 Å². The lowest BCUT2D eigenvalue weighted by Crippen LogP contribution is -2.39. The van der Waals surface area contributed by atoms with Crippen LogP contribution in [-0.2, 0) is 18.6 Å². The van der Waals surface area contributed by atoms with Crippen molar-refractivity contribution in [3.05, 3.63) is 114 Å². The van der Waals surface area contributed by atoms with Crippen molar-refractivity contribution in [1.82, 2.24) is 14.8 Å². The molecule has 1 aromatic heterocycles. The Morgan fingerprint density at radius 1 is 1.00 bits per heavy atom. The summed E-state index contributed by atoms with van der Waals surface area (Å²) in [5.41, 5.74) is 0.260. The van der Waals surface area contributed by atoms with E-state index in [1.807, 2.05) is 42.5 Å². The van der Waals surface area contributed by atoms with Crippen LogP contribution in [-0.4, -0.2) is 33.6 Å². The Morgan fingerprint density at radius 3 is 2.40 bits per heavy atom. The molecule has 0 spiro atoms. The predicted octanol–water partition coefficient (Wildman–Crippen LogP) is 4.79. The Kier molecular flexibility index (Phi) is 7.52. The van der Waals surface area contributed by atoms with E-state index in [1.54, 1.807) is 19.2 Å². The van der Waals surface area contributed by atoms with Gasteiger partial charge in [0.15, 0.2) is 0 Å². The normalized spacial score (nSPS) is 13.0. The second kappa shape index (κ2) is 10.9. The van der Waals surface area contributed by atoms with Crippen LogP contribution in [0.25, 0.3) is 6.08 Å². The number of hydrogen-bond acceptors (Lipinski definition) is 5.